The Balaban J connectivity index is 1.69. The van der Waals surface area contributed by atoms with Gasteiger partial charge in [-0.1, -0.05) is 43.5 Å². The minimum absolute atomic E-state index is 0.514. The second-order valence-corrected chi connectivity index (χ2v) is 7.64. The first-order chi connectivity index (χ1) is 12.0. The summed E-state index contributed by atoms with van der Waals surface area (Å²) in [5.74, 6) is 1.29. The third-order valence-electron chi connectivity index (χ3n) is 5.38. The smallest absolute Gasteiger partial charge is 0.244 e. The molecule has 0 unspecified atom stereocenters. The predicted molar refractivity (Wildman–Crippen MR) is 99.9 cm³/mol. The Kier molecular flexibility index (Phi) is 4.06. The molecule has 2 aromatic rings. The third kappa shape index (κ3) is 3.06. The summed E-state index contributed by atoms with van der Waals surface area (Å²) < 4.78 is 6.13. The van der Waals surface area contributed by atoms with Crippen LogP contribution in [0.2, 0.25) is 0 Å². The van der Waals surface area contributed by atoms with Gasteiger partial charge in [0.15, 0.2) is 0 Å². The molecule has 1 aromatic carbocycles. The van der Waals surface area contributed by atoms with Crippen molar-refractivity contribution in [2.24, 2.45) is 4.99 Å². The van der Waals surface area contributed by atoms with Crippen molar-refractivity contribution in [1.82, 2.24) is 9.97 Å². The molecule has 25 heavy (non-hydrogen) atoms. The van der Waals surface area contributed by atoms with E-state index in [-0.39, 0.29) is 0 Å². The van der Waals surface area contributed by atoms with Crippen molar-refractivity contribution in [3.05, 3.63) is 47.4 Å². The number of ether oxygens (including phenoxy) is 1. The fourth-order valence-electron chi connectivity index (χ4n) is 3.95. The number of hydrogen-bond donors (Lipinski definition) is 0. The van der Waals surface area contributed by atoms with Gasteiger partial charge >= 0.3 is 0 Å². The molecule has 0 bridgehead atoms. The maximum atomic E-state index is 6.13. The molecule has 4 nitrogen and oxygen atoms in total. The molecular formula is C21H25N3O. The molecule has 1 saturated carbocycles. The zero-order chi connectivity index (χ0) is 17.4. The lowest BCUT2D eigenvalue weighted by Gasteiger charge is -2.32. The molecule has 0 amide bonds. The van der Waals surface area contributed by atoms with Crippen LogP contribution in [0.4, 0.5) is 5.69 Å². The van der Waals surface area contributed by atoms with Crippen LogP contribution < -0.4 is 4.74 Å². The van der Waals surface area contributed by atoms with Gasteiger partial charge < -0.3 is 4.74 Å². The van der Waals surface area contributed by atoms with Crippen LogP contribution in [0.3, 0.4) is 0 Å². The van der Waals surface area contributed by atoms with Crippen LogP contribution in [-0.2, 0) is 0 Å². The largest absolute Gasteiger partial charge is 0.463 e. The number of hydrogen-bond acceptors (Lipinski definition) is 4. The van der Waals surface area contributed by atoms with E-state index in [2.05, 4.69) is 34.2 Å². The van der Waals surface area contributed by atoms with Crippen LogP contribution in [-0.4, -0.2) is 21.3 Å². The summed E-state index contributed by atoms with van der Waals surface area (Å²) in [5.41, 5.74) is 4.58. The maximum absolute atomic E-state index is 6.13. The number of aliphatic imine (C=N–C) groups is 1. The summed E-state index contributed by atoms with van der Waals surface area (Å²) in [6, 6.07) is 8.93. The highest BCUT2D eigenvalue weighted by molar-refractivity contribution is 6.08. The molecular weight excluding hydrogens is 310 g/mol. The summed E-state index contributed by atoms with van der Waals surface area (Å²) in [4.78, 5) is 13.4. The van der Waals surface area contributed by atoms with E-state index in [1.807, 2.05) is 20.8 Å². The molecule has 0 atom stereocenters. The van der Waals surface area contributed by atoms with Crippen molar-refractivity contribution in [3.63, 3.8) is 0 Å². The van der Waals surface area contributed by atoms with Gasteiger partial charge in [0.1, 0.15) is 17.6 Å². The zero-order valence-corrected chi connectivity index (χ0v) is 15.2. The number of aryl methyl sites for hydroxylation is 1. The molecule has 130 valence electrons. The number of rotatable bonds is 2. The molecule has 0 N–H and O–H groups in total. The molecule has 1 aliphatic carbocycles. The first-order valence-corrected chi connectivity index (χ1v) is 9.25. The van der Waals surface area contributed by atoms with Crippen LogP contribution in [0, 0.1) is 6.92 Å². The Morgan fingerprint density at radius 2 is 1.72 bits per heavy atom. The molecule has 0 saturated heterocycles. The number of nitrogens with zero attached hydrogens (tertiary/aromatic N) is 3. The first kappa shape index (κ1) is 16.2. The molecule has 0 radical (unpaired) electrons. The highest BCUT2D eigenvalue weighted by Gasteiger charge is 2.34. The van der Waals surface area contributed by atoms with Gasteiger partial charge in [-0.05, 0) is 45.1 Å². The van der Waals surface area contributed by atoms with Gasteiger partial charge in [-0.15, -0.1) is 0 Å². The van der Waals surface area contributed by atoms with E-state index < -0.39 is 5.60 Å². The quantitative estimate of drug-likeness (QED) is 0.765. The molecule has 2 aliphatic rings. The molecule has 4 rings (SSSR count). The van der Waals surface area contributed by atoms with Crippen molar-refractivity contribution < 1.29 is 4.74 Å². The lowest BCUT2D eigenvalue weighted by molar-refractivity contribution is 0.171. The van der Waals surface area contributed by atoms with Gasteiger partial charge in [0.2, 0.25) is 5.88 Å². The summed E-state index contributed by atoms with van der Waals surface area (Å²) in [7, 11) is 0. The summed E-state index contributed by atoms with van der Waals surface area (Å²) in [6.07, 6.45) is 8.27. The number of benzene rings is 1. The summed E-state index contributed by atoms with van der Waals surface area (Å²) in [6.45, 7) is 6.03. The lowest BCUT2D eigenvalue weighted by atomic mass is 9.83. The van der Waals surface area contributed by atoms with Crippen LogP contribution in [0.15, 0.2) is 35.6 Å². The SMILES string of the molecule is Cc1ncnc2c1N=C(c1ccc(C3CCCCC3)cc1)C(C)(C)O2. The fourth-order valence-corrected chi connectivity index (χ4v) is 3.95. The minimum atomic E-state index is -0.514. The first-order valence-electron chi connectivity index (χ1n) is 9.25. The average molecular weight is 335 g/mol. The van der Waals surface area contributed by atoms with Gasteiger partial charge in [-0.2, -0.15) is 4.98 Å². The molecule has 2 heterocycles. The van der Waals surface area contributed by atoms with Crippen LogP contribution >= 0.6 is 0 Å². The van der Waals surface area contributed by atoms with Crippen LogP contribution in [0.1, 0.15) is 68.7 Å². The van der Waals surface area contributed by atoms with Crippen molar-refractivity contribution in [2.45, 2.75) is 64.4 Å². The van der Waals surface area contributed by atoms with Crippen LogP contribution in [0.25, 0.3) is 0 Å². The highest BCUT2D eigenvalue weighted by atomic mass is 16.5. The van der Waals surface area contributed by atoms with Crippen molar-refractivity contribution in [3.8, 4) is 5.88 Å². The highest BCUT2D eigenvalue weighted by Crippen LogP contribution is 2.38. The summed E-state index contributed by atoms with van der Waals surface area (Å²) in [5, 5.41) is 0. The Bertz CT molecular complexity index is 802. The van der Waals surface area contributed by atoms with Crippen molar-refractivity contribution >= 4 is 11.4 Å². The minimum Gasteiger partial charge on any atom is -0.463 e. The van der Waals surface area contributed by atoms with E-state index in [1.165, 1.54) is 44.0 Å². The fraction of sp³-hybridized carbons (Fsp3) is 0.476. The summed E-state index contributed by atoms with van der Waals surface area (Å²) >= 11 is 0. The van der Waals surface area contributed by atoms with Crippen molar-refractivity contribution in [1.29, 1.82) is 0 Å². The van der Waals surface area contributed by atoms with E-state index in [0.717, 1.165) is 28.6 Å². The molecule has 1 fully saturated rings. The lowest BCUT2D eigenvalue weighted by Crippen LogP contribution is -2.41. The zero-order valence-electron chi connectivity index (χ0n) is 15.2. The van der Waals surface area contributed by atoms with E-state index in [0.29, 0.717) is 5.88 Å². The molecule has 1 aliphatic heterocycles. The second kappa shape index (κ2) is 6.25. The van der Waals surface area contributed by atoms with Crippen LogP contribution in [0.5, 0.6) is 5.88 Å². The molecule has 0 spiro atoms. The standard InChI is InChI=1S/C21H25N3O/c1-14-18-20(23-13-22-14)25-21(2,3)19(24-18)17-11-9-16(10-12-17)15-7-5-4-6-8-15/h9-13,15H,4-8H2,1-3H3. The van der Waals surface area contributed by atoms with Gasteiger partial charge in [0, 0.05) is 5.56 Å². The van der Waals surface area contributed by atoms with Gasteiger partial charge in [-0.25, -0.2) is 9.98 Å². The van der Waals surface area contributed by atoms with Gasteiger partial charge in [0.05, 0.1) is 11.4 Å². The van der Waals surface area contributed by atoms with E-state index in [1.54, 1.807) is 0 Å². The third-order valence-corrected chi connectivity index (χ3v) is 5.38. The van der Waals surface area contributed by atoms with Gasteiger partial charge in [0.25, 0.3) is 0 Å². The monoisotopic (exact) mass is 335 g/mol. The normalized spacial score (nSPS) is 19.7. The van der Waals surface area contributed by atoms with E-state index >= 15 is 0 Å². The predicted octanol–water partition coefficient (Wildman–Crippen LogP) is 5.12. The van der Waals surface area contributed by atoms with Crippen molar-refractivity contribution in [2.75, 3.05) is 0 Å². The average Bonchev–Trinajstić information content (AvgIpc) is 2.62. The molecule has 1 aromatic heterocycles. The van der Waals surface area contributed by atoms with E-state index in [9.17, 15) is 0 Å². The maximum Gasteiger partial charge on any atom is 0.244 e. The second-order valence-electron chi connectivity index (χ2n) is 7.64. The van der Waals surface area contributed by atoms with Gasteiger partial charge in [-0.3, -0.25) is 0 Å². The Morgan fingerprint density at radius 3 is 2.44 bits per heavy atom. The van der Waals surface area contributed by atoms with E-state index in [4.69, 9.17) is 9.73 Å². The Hall–Kier alpha value is -2.23. The molecule has 4 heteroatoms. The Morgan fingerprint density at radius 1 is 1.00 bits per heavy atom. The number of fused-ring (bicyclic) bond motifs is 1. The Labute approximate surface area is 149 Å². The number of aromatic nitrogens is 2. The topological polar surface area (TPSA) is 47.4 Å².